The Labute approximate surface area is 222 Å². The van der Waals surface area contributed by atoms with Crippen LogP contribution in [0.3, 0.4) is 0 Å². The van der Waals surface area contributed by atoms with Gasteiger partial charge in [0, 0.05) is 0 Å². The summed E-state index contributed by atoms with van der Waals surface area (Å²) in [6.45, 7) is 7.20. The fraction of sp³-hybridized carbons (Fsp3) is 0.606. The fourth-order valence-corrected chi connectivity index (χ4v) is 4.74. The summed E-state index contributed by atoms with van der Waals surface area (Å²) in [4.78, 5) is 10.1. The molecule has 0 spiro atoms. The standard InChI is InChI=1S/C26H48N.C7H6O2/c1-4-6-8-10-12-14-16-21-25-27(3,26-22-18-17-19-23-26)24-20-15-13-11-9-7-5-2;8-7(9)6-4-2-1-3-5-6/h17-19,22-23H,4-16,20-21,24-25H2,1-3H3;1-5H,(H,8,9)/q+1;/p-1. The molecule has 2 aromatic rings. The first-order valence-electron chi connectivity index (χ1n) is 14.7. The average Bonchev–Trinajstić information content (AvgIpc) is 2.91. The van der Waals surface area contributed by atoms with Crippen molar-refractivity contribution in [1.29, 1.82) is 0 Å². The van der Waals surface area contributed by atoms with Gasteiger partial charge in [-0.1, -0.05) is 133 Å². The second kappa shape index (κ2) is 21.0. The molecule has 3 heteroatoms. The zero-order chi connectivity index (χ0) is 26.3. The van der Waals surface area contributed by atoms with Gasteiger partial charge in [-0.15, -0.1) is 0 Å². The van der Waals surface area contributed by atoms with Crippen LogP contribution in [0.25, 0.3) is 0 Å². The van der Waals surface area contributed by atoms with Crippen molar-refractivity contribution in [3.63, 3.8) is 0 Å². The van der Waals surface area contributed by atoms with Crippen LogP contribution in [0.4, 0.5) is 5.69 Å². The number of carboxylic acid groups (broad SMARTS) is 1. The summed E-state index contributed by atoms with van der Waals surface area (Å²) in [5.74, 6) is -1.13. The van der Waals surface area contributed by atoms with E-state index < -0.39 is 5.97 Å². The number of carboxylic acids is 1. The first-order valence-corrected chi connectivity index (χ1v) is 14.7. The molecule has 0 radical (unpaired) electrons. The van der Waals surface area contributed by atoms with Gasteiger partial charge in [0.1, 0.15) is 5.69 Å². The predicted molar refractivity (Wildman–Crippen MR) is 155 cm³/mol. The zero-order valence-corrected chi connectivity index (χ0v) is 23.6. The smallest absolute Gasteiger partial charge is 0.132 e. The lowest BCUT2D eigenvalue weighted by molar-refractivity contribution is -0.255. The minimum Gasteiger partial charge on any atom is -0.545 e. The molecule has 0 aliphatic rings. The van der Waals surface area contributed by atoms with Gasteiger partial charge >= 0.3 is 0 Å². The van der Waals surface area contributed by atoms with Crippen molar-refractivity contribution in [1.82, 2.24) is 4.48 Å². The monoisotopic (exact) mass is 495 g/mol. The Hall–Kier alpha value is -2.13. The van der Waals surface area contributed by atoms with E-state index in [9.17, 15) is 9.90 Å². The number of aromatic carboxylic acids is 1. The quantitative estimate of drug-likeness (QED) is 0.145. The Morgan fingerprint density at radius 1 is 0.583 bits per heavy atom. The molecule has 2 rings (SSSR count). The van der Waals surface area contributed by atoms with Crippen molar-refractivity contribution < 1.29 is 9.90 Å². The van der Waals surface area contributed by atoms with Crippen LogP contribution in [0.1, 0.15) is 121 Å². The second-order valence-electron chi connectivity index (χ2n) is 10.4. The van der Waals surface area contributed by atoms with Crippen molar-refractivity contribution in [2.24, 2.45) is 0 Å². The van der Waals surface area contributed by atoms with E-state index in [1.807, 2.05) is 0 Å². The van der Waals surface area contributed by atoms with E-state index in [4.69, 9.17) is 0 Å². The lowest BCUT2D eigenvalue weighted by Crippen LogP contribution is -2.46. The molecule has 0 saturated carbocycles. The van der Waals surface area contributed by atoms with E-state index >= 15 is 0 Å². The van der Waals surface area contributed by atoms with Gasteiger partial charge in [-0.2, -0.15) is 0 Å². The zero-order valence-electron chi connectivity index (χ0n) is 23.6. The van der Waals surface area contributed by atoms with Gasteiger partial charge in [-0.25, -0.2) is 0 Å². The summed E-state index contributed by atoms with van der Waals surface area (Å²) in [5, 5.41) is 10.1. The number of carbonyl (C=O) groups excluding carboxylic acids is 1. The van der Waals surface area contributed by atoms with Gasteiger partial charge in [-0.05, 0) is 43.4 Å². The molecule has 0 aliphatic carbocycles. The van der Waals surface area contributed by atoms with Gasteiger partial charge in [0.05, 0.1) is 26.1 Å². The summed E-state index contributed by atoms with van der Waals surface area (Å²) in [6, 6.07) is 19.3. The van der Waals surface area contributed by atoms with Gasteiger partial charge in [0.2, 0.25) is 0 Å². The molecule has 0 aliphatic heterocycles. The maximum Gasteiger partial charge on any atom is 0.132 e. The molecule has 3 nitrogen and oxygen atoms in total. The van der Waals surface area contributed by atoms with E-state index in [1.54, 1.807) is 18.2 Å². The van der Waals surface area contributed by atoms with Gasteiger partial charge < -0.3 is 9.90 Å². The summed E-state index contributed by atoms with van der Waals surface area (Å²) >= 11 is 0. The molecule has 0 aromatic heterocycles. The average molecular weight is 496 g/mol. The lowest BCUT2D eigenvalue weighted by Gasteiger charge is -2.34. The minimum atomic E-state index is -1.13. The number of hydrogen-bond donors (Lipinski definition) is 0. The molecule has 0 fully saturated rings. The number of nitrogens with zero attached hydrogens (tertiary/aromatic N) is 1. The molecule has 0 N–H and O–H groups in total. The predicted octanol–water partition coefficient (Wildman–Crippen LogP) is 8.57. The number of para-hydroxylation sites is 1. The van der Waals surface area contributed by atoms with E-state index in [0.717, 1.165) is 4.48 Å². The largest absolute Gasteiger partial charge is 0.545 e. The molecule has 2 aromatic carbocycles. The third-order valence-electron chi connectivity index (χ3n) is 7.15. The molecule has 202 valence electrons. The fourth-order valence-electron chi connectivity index (χ4n) is 4.74. The second-order valence-corrected chi connectivity index (χ2v) is 10.4. The van der Waals surface area contributed by atoms with E-state index in [-0.39, 0.29) is 5.56 Å². The Balaban J connectivity index is 0.000000600. The van der Waals surface area contributed by atoms with Crippen LogP contribution in [0.5, 0.6) is 0 Å². The highest BCUT2D eigenvalue weighted by Gasteiger charge is 2.23. The molecule has 0 saturated heterocycles. The molecule has 1 unspecified atom stereocenters. The number of benzene rings is 2. The minimum absolute atomic E-state index is 0.220. The Morgan fingerprint density at radius 2 is 0.944 bits per heavy atom. The molecular formula is C33H53NO2. The summed E-state index contributed by atoms with van der Waals surface area (Å²) in [5.41, 5.74) is 1.73. The van der Waals surface area contributed by atoms with Crippen LogP contribution in [0, 0.1) is 0 Å². The Morgan fingerprint density at radius 3 is 1.31 bits per heavy atom. The first kappa shape index (κ1) is 31.9. The maximum absolute atomic E-state index is 10.1. The van der Waals surface area contributed by atoms with Gasteiger partial charge in [0.25, 0.3) is 0 Å². The number of carbonyl (C=O) groups is 1. The Bertz CT molecular complexity index is 762. The highest BCUT2D eigenvalue weighted by Crippen LogP contribution is 2.23. The van der Waals surface area contributed by atoms with Gasteiger partial charge in [-0.3, -0.25) is 4.48 Å². The molecule has 0 amide bonds. The lowest BCUT2D eigenvalue weighted by atomic mass is 10.1. The third kappa shape index (κ3) is 15.1. The van der Waals surface area contributed by atoms with Gasteiger partial charge in [0.15, 0.2) is 0 Å². The van der Waals surface area contributed by atoms with Crippen LogP contribution < -0.4 is 9.59 Å². The molecule has 0 bridgehead atoms. The van der Waals surface area contributed by atoms with E-state index in [0.29, 0.717) is 0 Å². The van der Waals surface area contributed by atoms with Crippen molar-refractivity contribution >= 4 is 11.7 Å². The van der Waals surface area contributed by atoms with Crippen LogP contribution in [0.2, 0.25) is 0 Å². The van der Waals surface area contributed by atoms with Crippen molar-refractivity contribution in [3.8, 4) is 0 Å². The number of rotatable bonds is 19. The van der Waals surface area contributed by atoms with E-state index in [2.05, 4.69) is 51.2 Å². The number of hydrogen-bond acceptors (Lipinski definition) is 2. The topological polar surface area (TPSA) is 40.1 Å². The number of unbranched alkanes of at least 4 members (excludes halogenated alkanes) is 13. The molecule has 36 heavy (non-hydrogen) atoms. The first-order chi connectivity index (χ1) is 17.5. The molecule has 0 heterocycles. The molecular weight excluding hydrogens is 442 g/mol. The summed E-state index contributed by atoms with van der Waals surface area (Å²) in [6.07, 6.45) is 21.1. The number of quaternary nitrogens is 1. The van der Waals surface area contributed by atoms with Crippen LogP contribution >= 0.6 is 0 Å². The van der Waals surface area contributed by atoms with Crippen LogP contribution in [-0.4, -0.2) is 26.1 Å². The van der Waals surface area contributed by atoms with Crippen LogP contribution in [0.15, 0.2) is 60.7 Å². The van der Waals surface area contributed by atoms with E-state index in [1.165, 1.54) is 127 Å². The van der Waals surface area contributed by atoms with Crippen molar-refractivity contribution in [3.05, 3.63) is 66.2 Å². The van der Waals surface area contributed by atoms with Crippen LogP contribution in [-0.2, 0) is 0 Å². The normalized spacial score (nSPS) is 12.4. The van der Waals surface area contributed by atoms with Crippen molar-refractivity contribution in [2.75, 3.05) is 20.1 Å². The third-order valence-corrected chi connectivity index (χ3v) is 7.15. The summed E-state index contributed by atoms with van der Waals surface area (Å²) in [7, 11) is 2.47. The van der Waals surface area contributed by atoms with Crippen molar-refractivity contribution in [2.45, 2.75) is 110 Å². The summed E-state index contributed by atoms with van der Waals surface area (Å²) < 4.78 is 1.13. The molecule has 1 atom stereocenters. The highest BCUT2D eigenvalue weighted by molar-refractivity contribution is 5.85. The maximum atomic E-state index is 10.1. The SMILES string of the molecule is CCCCCCCCCC[N+](C)(CCCCCCCCC)c1ccccc1.O=C([O-])c1ccccc1. The Kier molecular flexibility index (Phi) is 18.6. The highest BCUT2D eigenvalue weighted by atomic mass is 16.4.